The number of carbonyl (C=O) groups excluding carboxylic acids is 1. The molecule has 0 saturated carbocycles. The van der Waals surface area contributed by atoms with Gasteiger partial charge in [0.1, 0.15) is 16.5 Å². The maximum Gasteiger partial charge on any atom is 0.270 e. The van der Waals surface area contributed by atoms with Crippen LogP contribution in [0.4, 0.5) is 0 Å². The van der Waals surface area contributed by atoms with Gasteiger partial charge in [-0.05, 0) is 17.7 Å². The van der Waals surface area contributed by atoms with Crippen LogP contribution in [0, 0.1) is 0 Å². The summed E-state index contributed by atoms with van der Waals surface area (Å²) in [5, 5.41) is 15.2. The summed E-state index contributed by atoms with van der Waals surface area (Å²) in [6.07, 6.45) is 0.687. The minimum Gasteiger partial charge on any atom is -0.383 e. The van der Waals surface area contributed by atoms with Crippen LogP contribution in [-0.2, 0) is 16.9 Å². The predicted octanol–water partition coefficient (Wildman–Crippen LogP) is 3.98. The molecule has 32 heavy (non-hydrogen) atoms. The molecular weight excluding hydrogens is 442 g/mol. The molecule has 7 nitrogen and oxygen atoms in total. The van der Waals surface area contributed by atoms with Gasteiger partial charge in [-0.25, -0.2) is 4.98 Å². The van der Waals surface area contributed by atoms with E-state index in [4.69, 9.17) is 4.74 Å². The Kier molecular flexibility index (Phi) is 7.65. The quantitative estimate of drug-likeness (QED) is 0.282. The Morgan fingerprint density at radius 1 is 1.09 bits per heavy atom. The Hall–Kier alpha value is -3.01. The lowest BCUT2D eigenvalue weighted by Gasteiger charge is -2.10. The third kappa shape index (κ3) is 5.61. The second-order valence-electron chi connectivity index (χ2n) is 6.90. The zero-order valence-electron chi connectivity index (χ0n) is 17.6. The van der Waals surface area contributed by atoms with Gasteiger partial charge in [-0.1, -0.05) is 60.3 Å². The van der Waals surface area contributed by atoms with Crippen molar-refractivity contribution >= 4 is 29.0 Å². The first-order valence-corrected chi connectivity index (χ1v) is 12.0. The summed E-state index contributed by atoms with van der Waals surface area (Å²) >= 11 is 3.02. The number of rotatable bonds is 10. The van der Waals surface area contributed by atoms with Gasteiger partial charge in [-0.15, -0.1) is 21.5 Å². The van der Waals surface area contributed by atoms with Crippen LogP contribution in [0.25, 0.3) is 5.69 Å². The fourth-order valence-electron chi connectivity index (χ4n) is 3.09. The number of nitrogens with one attached hydrogen (secondary N) is 1. The highest BCUT2D eigenvalue weighted by molar-refractivity contribution is 7.98. The van der Waals surface area contributed by atoms with E-state index < -0.39 is 0 Å². The maximum absolute atomic E-state index is 12.2. The summed E-state index contributed by atoms with van der Waals surface area (Å²) < 4.78 is 7.04. The molecule has 0 aliphatic carbocycles. The number of ether oxygens (including phenoxy) is 1. The smallest absolute Gasteiger partial charge is 0.270 e. The van der Waals surface area contributed by atoms with Crippen molar-refractivity contribution in [1.29, 1.82) is 0 Å². The highest BCUT2D eigenvalue weighted by Gasteiger charge is 2.16. The number of amides is 1. The van der Waals surface area contributed by atoms with Gasteiger partial charge >= 0.3 is 0 Å². The molecule has 0 aliphatic heterocycles. The van der Waals surface area contributed by atoms with E-state index in [1.54, 1.807) is 24.3 Å². The molecule has 2 aromatic heterocycles. The summed E-state index contributed by atoms with van der Waals surface area (Å²) in [5.74, 6) is 1.29. The molecule has 4 rings (SSSR count). The fourth-order valence-corrected chi connectivity index (χ4v) is 4.85. The zero-order valence-corrected chi connectivity index (χ0v) is 19.2. The van der Waals surface area contributed by atoms with Crippen molar-refractivity contribution in [3.8, 4) is 5.69 Å². The molecule has 0 atom stereocenters. The average molecular weight is 466 g/mol. The van der Waals surface area contributed by atoms with E-state index in [1.165, 1.54) is 16.9 Å². The molecule has 4 aromatic rings. The lowest BCUT2D eigenvalue weighted by molar-refractivity contribution is 0.0932. The van der Waals surface area contributed by atoms with Gasteiger partial charge in [0.05, 0.1) is 12.4 Å². The Morgan fingerprint density at radius 2 is 1.84 bits per heavy atom. The van der Waals surface area contributed by atoms with Crippen LogP contribution in [0.15, 0.2) is 71.2 Å². The SMILES string of the molecule is COCCNC(=O)c1csc(CSc2nnc(Cc3ccccc3)n2-c2ccccc2)n1. The standard InChI is InChI=1S/C23H23N5O2S2/c1-30-13-12-24-22(29)19-15-31-21(25-19)16-32-23-27-26-20(14-17-8-4-2-5-9-17)28(23)18-10-6-3-7-11-18/h2-11,15H,12-14,16H2,1H3,(H,24,29). The Balaban J connectivity index is 1.50. The molecule has 0 bridgehead atoms. The second-order valence-corrected chi connectivity index (χ2v) is 8.78. The molecule has 1 amide bonds. The van der Waals surface area contributed by atoms with Gasteiger partial charge in [0.15, 0.2) is 5.16 Å². The van der Waals surface area contributed by atoms with E-state index in [9.17, 15) is 4.79 Å². The third-order valence-corrected chi connectivity index (χ3v) is 6.59. The number of carbonyl (C=O) groups is 1. The zero-order chi connectivity index (χ0) is 22.2. The number of hydrogen-bond donors (Lipinski definition) is 1. The number of thiazole rings is 1. The highest BCUT2D eigenvalue weighted by atomic mass is 32.2. The van der Waals surface area contributed by atoms with Crippen LogP contribution in [0.3, 0.4) is 0 Å². The summed E-state index contributed by atoms with van der Waals surface area (Å²) in [6.45, 7) is 0.931. The van der Waals surface area contributed by atoms with Gasteiger partial charge in [0.25, 0.3) is 5.91 Å². The Labute approximate surface area is 194 Å². The number of methoxy groups -OCH3 is 1. The third-order valence-electron chi connectivity index (χ3n) is 4.62. The molecule has 0 saturated heterocycles. The number of thioether (sulfide) groups is 1. The van der Waals surface area contributed by atoms with Crippen molar-refractivity contribution < 1.29 is 9.53 Å². The van der Waals surface area contributed by atoms with Crippen molar-refractivity contribution in [3.63, 3.8) is 0 Å². The van der Waals surface area contributed by atoms with E-state index in [2.05, 4.69) is 37.2 Å². The fraction of sp³-hybridized carbons (Fsp3) is 0.217. The molecule has 0 spiro atoms. The molecule has 0 unspecified atom stereocenters. The van der Waals surface area contributed by atoms with Crippen molar-refractivity contribution in [1.82, 2.24) is 25.1 Å². The van der Waals surface area contributed by atoms with Crippen molar-refractivity contribution in [2.45, 2.75) is 17.3 Å². The first kappa shape index (κ1) is 22.2. The van der Waals surface area contributed by atoms with Crippen molar-refractivity contribution in [3.05, 3.63) is 88.1 Å². The lowest BCUT2D eigenvalue weighted by atomic mass is 10.1. The first-order chi connectivity index (χ1) is 15.7. The molecule has 0 radical (unpaired) electrons. The molecule has 1 N–H and O–H groups in total. The normalized spacial score (nSPS) is 10.9. The number of para-hydroxylation sites is 1. The highest BCUT2D eigenvalue weighted by Crippen LogP contribution is 2.27. The molecule has 9 heteroatoms. The minimum absolute atomic E-state index is 0.188. The van der Waals surface area contributed by atoms with E-state index in [0.29, 0.717) is 31.0 Å². The topological polar surface area (TPSA) is 81.9 Å². The van der Waals surface area contributed by atoms with Gasteiger partial charge in [-0.2, -0.15) is 0 Å². The lowest BCUT2D eigenvalue weighted by Crippen LogP contribution is -2.27. The van der Waals surface area contributed by atoms with Crippen LogP contribution in [0.2, 0.25) is 0 Å². The summed E-state index contributed by atoms with van der Waals surface area (Å²) in [5.41, 5.74) is 2.62. The number of nitrogens with zero attached hydrogens (tertiary/aromatic N) is 4. The van der Waals surface area contributed by atoms with E-state index in [-0.39, 0.29) is 5.91 Å². The Bertz CT molecular complexity index is 1150. The summed E-state index contributed by atoms with van der Waals surface area (Å²) in [4.78, 5) is 16.6. The number of hydrogen-bond acceptors (Lipinski definition) is 7. The maximum atomic E-state index is 12.2. The molecule has 2 aromatic carbocycles. The molecule has 2 heterocycles. The van der Waals surface area contributed by atoms with E-state index in [1.807, 2.05) is 48.5 Å². The molecule has 0 aliphatic rings. The van der Waals surface area contributed by atoms with Gasteiger partial charge < -0.3 is 10.1 Å². The van der Waals surface area contributed by atoms with Crippen molar-refractivity contribution in [2.24, 2.45) is 0 Å². The monoisotopic (exact) mass is 465 g/mol. The molecular formula is C23H23N5O2S2. The average Bonchev–Trinajstić information content (AvgIpc) is 3.46. The predicted molar refractivity (Wildman–Crippen MR) is 126 cm³/mol. The minimum atomic E-state index is -0.188. The number of aromatic nitrogens is 4. The van der Waals surface area contributed by atoms with Gasteiger partial charge in [0, 0.05) is 31.1 Å². The van der Waals surface area contributed by atoms with E-state index in [0.717, 1.165) is 21.7 Å². The largest absolute Gasteiger partial charge is 0.383 e. The van der Waals surface area contributed by atoms with Crippen molar-refractivity contribution in [2.75, 3.05) is 20.3 Å². The first-order valence-electron chi connectivity index (χ1n) is 10.1. The molecule has 164 valence electrons. The Morgan fingerprint density at radius 3 is 2.59 bits per heavy atom. The van der Waals surface area contributed by atoms with E-state index >= 15 is 0 Å². The van der Waals surface area contributed by atoms with Gasteiger partial charge in [0.2, 0.25) is 0 Å². The van der Waals surface area contributed by atoms with Crippen LogP contribution in [0.1, 0.15) is 26.9 Å². The van der Waals surface area contributed by atoms with Gasteiger partial charge in [-0.3, -0.25) is 9.36 Å². The van der Waals surface area contributed by atoms with Crippen LogP contribution in [0.5, 0.6) is 0 Å². The van der Waals surface area contributed by atoms with Crippen LogP contribution < -0.4 is 5.32 Å². The van der Waals surface area contributed by atoms with Crippen LogP contribution >= 0.6 is 23.1 Å². The summed E-state index contributed by atoms with van der Waals surface area (Å²) in [6, 6.07) is 20.3. The second kappa shape index (κ2) is 11.0. The summed E-state index contributed by atoms with van der Waals surface area (Å²) in [7, 11) is 1.60. The molecule has 0 fully saturated rings. The van der Waals surface area contributed by atoms with Crippen LogP contribution in [-0.4, -0.2) is 45.9 Å². The number of benzene rings is 2.